The molecule has 0 unspecified atom stereocenters. The van der Waals surface area contributed by atoms with E-state index in [1.54, 1.807) is 29.8 Å². The van der Waals surface area contributed by atoms with Crippen molar-refractivity contribution < 1.29 is 14.3 Å². The average Bonchev–Trinajstić information content (AvgIpc) is 2.73. The van der Waals surface area contributed by atoms with E-state index in [0.717, 1.165) is 11.1 Å². The number of nitro benzene ring substituents is 1. The Hall–Kier alpha value is -3.45. The fourth-order valence-electron chi connectivity index (χ4n) is 3.11. The van der Waals surface area contributed by atoms with E-state index in [-0.39, 0.29) is 22.1 Å². The predicted molar refractivity (Wildman–Crippen MR) is 118 cm³/mol. The molecule has 6 nitrogen and oxygen atoms in total. The second kappa shape index (κ2) is 9.37. The van der Waals surface area contributed by atoms with Crippen molar-refractivity contribution in [1.29, 1.82) is 0 Å². The van der Waals surface area contributed by atoms with Gasteiger partial charge in [-0.2, -0.15) is 4.57 Å². The molecule has 3 rings (SSSR count). The minimum absolute atomic E-state index is 0.0963. The van der Waals surface area contributed by atoms with Gasteiger partial charge in [0.05, 0.1) is 11.5 Å². The first-order valence-corrected chi connectivity index (χ1v) is 9.79. The lowest BCUT2D eigenvalue weighted by atomic mass is 10.0. The molecule has 1 heterocycles. The number of nitro groups is 1. The number of aliphatic imine (C=N–C) groups is 1. The maximum atomic E-state index is 13.4. The van der Waals surface area contributed by atoms with E-state index in [9.17, 15) is 14.9 Å². The Kier molecular flexibility index (Phi) is 6.64. The van der Waals surface area contributed by atoms with E-state index in [2.05, 4.69) is 4.99 Å². The molecular formula is C23H21N3O3S. The first-order chi connectivity index (χ1) is 14.4. The van der Waals surface area contributed by atoms with Crippen LogP contribution in [0.15, 0.2) is 78.0 Å². The number of hydrogen-bond acceptors (Lipinski definition) is 5. The zero-order valence-electron chi connectivity index (χ0n) is 16.7. The number of ketones is 1. The Balaban J connectivity index is 2.02. The molecule has 0 fully saturated rings. The van der Waals surface area contributed by atoms with Gasteiger partial charge in [0.2, 0.25) is 11.8 Å². The van der Waals surface area contributed by atoms with Crippen LogP contribution in [0.4, 0.5) is 5.69 Å². The lowest BCUT2D eigenvalue weighted by Gasteiger charge is -2.19. The van der Waals surface area contributed by atoms with Gasteiger partial charge in [-0.3, -0.25) is 14.9 Å². The first-order valence-electron chi connectivity index (χ1n) is 9.39. The predicted octanol–water partition coefficient (Wildman–Crippen LogP) is 4.07. The van der Waals surface area contributed by atoms with Crippen LogP contribution in [0.5, 0.6) is 0 Å². The molecule has 3 aromatic rings. The van der Waals surface area contributed by atoms with Crippen molar-refractivity contribution in [1.82, 2.24) is 0 Å². The summed E-state index contributed by atoms with van der Waals surface area (Å²) in [5.74, 6) is -0.337. The summed E-state index contributed by atoms with van der Waals surface area (Å²) >= 11 is 5.54. The van der Waals surface area contributed by atoms with Crippen molar-refractivity contribution >= 4 is 29.1 Å². The fourth-order valence-corrected chi connectivity index (χ4v) is 3.40. The average molecular weight is 420 g/mol. The molecule has 0 N–H and O–H groups in total. The summed E-state index contributed by atoms with van der Waals surface area (Å²) in [5, 5.41) is 11.5. The summed E-state index contributed by atoms with van der Waals surface area (Å²) in [6.45, 7) is 3.90. The summed E-state index contributed by atoms with van der Waals surface area (Å²) in [5.41, 5.74) is 2.56. The highest BCUT2D eigenvalue weighted by molar-refractivity contribution is 7.77. The Labute approximate surface area is 180 Å². The number of Topliss-reactive ketones (excluding diaryl/α,β-unsaturated/α-hetero) is 1. The van der Waals surface area contributed by atoms with Crippen LogP contribution in [0.1, 0.15) is 33.1 Å². The van der Waals surface area contributed by atoms with E-state index in [4.69, 9.17) is 12.6 Å². The van der Waals surface area contributed by atoms with E-state index >= 15 is 0 Å². The van der Waals surface area contributed by atoms with Crippen molar-refractivity contribution in [2.24, 2.45) is 4.99 Å². The normalized spacial score (nSPS) is 12.4. The second-order valence-electron chi connectivity index (χ2n) is 6.99. The second-order valence-corrected chi connectivity index (χ2v) is 7.41. The summed E-state index contributed by atoms with van der Waals surface area (Å²) in [6.07, 6.45) is 3.57. The molecular weight excluding hydrogens is 398 g/mol. The lowest BCUT2D eigenvalue weighted by Crippen LogP contribution is -2.48. The van der Waals surface area contributed by atoms with Crippen LogP contribution < -0.4 is 4.57 Å². The van der Waals surface area contributed by atoms with Gasteiger partial charge in [-0.1, -0.05) is 42.5 Å². The van der Waals surface area contributed by atoms with Crippen molar-refractivity contribution in [3.05, 3.63) is 105 Å². The van der Waals surface area contributed by atoms with Gasteiger partial charge < -0.3 is 17.6 Å². The van der Waals surface area contributed by atoms with Crippen molar-refractivity contribution in [3.63, 3.8) is 0 Å². The number of rotatable bonds is 7. The number of pyridine rings is 1. The van der Waals surface area contributed by atoms with Gasteiger partial charge in [0.1, 0.15) is 0 Å². The molecule has 0 radical (unpaired) electrons. The molecule has 0 saturated carbocycles. The molecule has 0 bridgehead atoms. The quantitative estimate of drug-likeness (QED) is 0.110. The van der Waals surface area contributed by atoms with Crippen molar-refractivity contribution in [2.45, 2.75) is 26.4 Å². The Morgan fingerprint density at radius 1 is 1.13 bits per heavy atom. The Morgan fingerprint density at radius 3 is 2.53 bits per heavy atom. The summed E-state index contributed by atoms with van der Waals surface area (Å²) in [4.78, 5) is 28.7. The number of aromatic nitrogens is 1. The molecule has 30 heavy (non-hydrogen) atoms. The van der Waals surface area contributed by atoms with Crippen LogP contribution >= 0.6 is 0 Å². The highest BCUT2D eigenvalue weighted by Gasteiger charge is 2.29. The third-order valence-corrected chi connectivity index (χ3v) is 5.05. The third-order valence-electron chi connectivity index (χ3n) is 4.70. The maximum Gasteiger partial charge on any atom is 0.273 e. The van der Waals surface area contributed by atoms with Crippen molar-refractivity contribution in [3.8, 4) is 0 Å². The number of aryl methyl sites for hydroxylation is 2. The fraction of sp³-hybridized carbons (Fsp3) is 0.174. The Bertz CT molecular complexity index is 1110. The van der Waals surface area contributed by atoms with E-state index in [0.29, 0.717) is 12.1 Å². The molecule has 2 aromatic carbocycles. The number of nitrogens with zero attached hydrogens (tertiary/aromatic N) is 3. The van der Waals surface area contributed by atoms with Gasteiger partial charge >= 0.3 is 0 Å². The van der Waals surface area contributed by atoms with Gasteiger partial charge in [0.25, 0.3) is 5.69 Å². The SMILES string of the molecule is Cc1ccc[n+]([C@@H](C(=O)c2ccc(C)c([N+](=O)[O-])c2)C([S-])=NCc2ccccc2)c1. The van der Waals surface area contributed by atoms with Gasteiger partial charge in [0, 0.05) is 28.8 Å². The van der Waals surface area contributed by atoms with Crippen LogP contribution in [-0.2, 0) is 19.2 Å². The minimum atomic E-state index is -0.870. The molecule has 0 spiro atoms. The van der Waals surface area contributed by atoms with Crippen LogP contribution in [0.3, 0.4) is 0 Å². The summed E-state index contributed by atoms with van der Waals surface area (Å²) in [6, 6.07) is 17.0. The van der Waals surface area contributed by atoms with Crippen LogP contribution in [0.2, 0.25) is 0 Å². The summed E-state index contributed by atoms with van der Waals surface area (Å²) in [7, 11) is 0. The molecule has 1 aromatic heterocycles. The summed E-state index contributed by atoms with van der Waals surface area (Å²) < 4.78 is 1.71. The van der Waals surface area contributed by atoms with E-state index in [1.165, 1.54) is 6.07 Å². The number of carbonyl (C=O) groups is 1. The molecule has 7 heteroatoms. The molecule has 0 aliphatic carbocycles. The van der Waals surface area contributed by atoms with Gasteiger partial charge in [-0.25, -0.2) is 0 Å². The minimum Gasteiger partial charge on any atom is -0.758 e. The largest absolute Gasteiger partial charge is 0.758 e. The number of hydrogen-bond donors (Lipinski definition) is 0. The smallest absolute Gasteiger partial charge is 0.273 e. The number of benzene rings is 2. The van der Waals surface area contributed by atoms with Gasteiger partial charge in [-0.05, 0) is 30.5 Å². The van der Waals surface area contributed by atoms with Gasteiger partial charge in [-0.15, -0.1) is 0 Å². The molecule has 0 aliphatic heterocycles. The zero-order chi connectivity index (χ0) is 21.7. The molecule has 0 saturated heterocycles. The zero-order valence-corrected chi connectivity index (χ0v) is 17.5. The van der Waals surface area contributed by atoms with Gasteiger partial charge in [0.15, 0.2) is 12.4 Å². The van der Waals surface area contributed by atoms with Crippen molar-refractivity contribution in [2.75, 3.05) is 0 Å². The van der Waals surface area contributed by atoms with E-state index < -0.39 is 11.0 Å². The molecule has 1 atom stereocenters. The molecule has 152 valence electrons. The lowest BCUT2D eigenvalue weighted by molar-refractivity contribution is -0.692. The van der Waals surface area contributed by atoms with Crippen LogP contribution in [0.25, 0.3) is 0 Å². The standard InChI is InChI=1S/C23H21N3O3S/c1-16-7-6-12-25(15-16)21(23(30)24-14-18-8-4-3-5-9-18)22(27)19-11-10-17(2)20(13-19)26(28)29/h3-13,15,21H,14H2,1-2H3/t21-/m0/s1. The highest BCUT2D eigenvalue weighted by atomic mass is 32.1. The number of carbonyl (C=O) groups excluding carboxylic acids is 1. The molecule has 0 amide bonds. The highest BCUT2D eigenvalue weighted by Crippen LogP contribution is 2.22. The first kappa shape index (κ1) is 21.3. The maximum absolute atomic E-state index is 13.4. The van der Waals surface area contributed by atoms with E-state index in [1.807, 2.05) is 55.6 Å². The Morgan fingerprint density at radius 2 is 1.87 bits per heavy atom. The monoisotopic (exact) mass is 419 g/mol. The third kappa shape index (κ3) is 4.93. The molecule has 0 aliphatic rings. The van der Waals surface area contributed by atoms with Crippen LogP contribution in [-0.4, -0.2) is 15.8 Å². The van der Waals surface area contributed by atoms with Crippen LogP contribution in [0, 0.1) is 24.0 Å². The topological polar surface area (TPSA) is 76.5 Å².